The average Bonchev–Trinajstić information content (AvgIpc) is 3.19. The Balaban J connectivity index is 4.21. The van der Waals surface area contributed by atoms with E-state index in [1.807, 2.05) is 0 Å². The molecule has 1 amide bonds. The van der Waals surface area contributed by atoms with E-state index in [0.717, 1.165) is 77.0 Å². The van der Waals surface area contributed by atoms with Gasteiger partial charge in [0, 0.05) is 13.0 Å². The van der Waals surface area contributed by atoms with Crippen LogP contribution >= 0.6 is 7.82 Å². The first kappa shape index (κ1) is 54.2. The van der Waals surface area contributed by atoms with Gasteiger partial charge in [0.25, 0.3) is 0 Å². The molecule has 8 nitrogen and oxygen atoms in total. The highest BCUT2D eigenvalue weighted by Gasteiger charge is 2.27. The lowest BCUT2D eigenvalue weighted by molar-refractivity contribution is -0.123. The van der Waals surface area contributed by atoms with Crippen molar-refractivity contribution in [3.8, 4) is 0 Å². The molecular weight excluding hydrogens is 719 g/mol. The number of nitrogens with two attached hydrogens (primary N) is 1. The molecule has 0 aliphatic rings. The van der Waals surface area contributed by atoms with Crippen LogP contribution in [-0.2, 0) is 18.4 Å². The minimum Gasteiger partial charge on any atom is -0.391 e. The van der Waals surface area contributed by atoms with Crippen LogP contribution < -0.4 is 11.1 Å². The summed E-state index contributed by atoms with van der Waals surface area (Å²) in [6, 6.07) is -0.795. The van der Waals surface area contributed by atoms with Crippen molar-refractivity contribution >= 4 is 13.7 Å². The number of hydrogen-bond donors (Lipinski definition) is 4. The molecule has 3 unspecified atom stereocenters. The molecule has 0 aromatic heterocycles. The van der Waals surface area contributed by atoms with E-state index in [0.29, 0.717) is 12.8 Å². The molecule has 3 atom stereocenters. The van der Waals surface area contributed by atoms with Gasteiger partial charge in [-0.3, -0.25) is 13.8 Å². The minimum atomic E-state index is -4.33. The summed E-state index contributed by atoms with van der Waals surface area (Å²) in [6.07, 6.45) is 53.7. The van der Waals surface area contributed by atoms with Crippen molar-refractivity contribution in [3.05, 3.63) is 60.8 Å². The number of phosphoric acid groups is 1. The molecule has 0 fully saturated rings. The zero-order valence-corrected chi connectivity index (χ0v) is 37.0. The van der Waals surface area contributed by atoms with Crippen molar-refractivity contribution in [2.24, 2.45) is 5.73 Å². The third kappa shape index (κ3) is 40.4. The first-order valence-corrected chi connectivity index (χ1v) is 24.4. The Kier molecular flexibility index (Phi) is 41.4. The fourth-order valence-electron chi connectivity index (χ4n) is 6.46. The number of amides is 1. The molecular formula is C47H87N2O6P. The molecule has 326 valence electrons. The predicted octanol–water partition coefficient (Wildman–Crippen LogP) is 13.1. The number of aliphatic hydroxyl groups excluding tert-OH is 1. The van der Waals surface area contributed by atoms with Gasteiger partial charge in [-0.25, -0.2) is 4.57 Å². The van der Waals surface area contributed by atoms with Gasteiger partial charge in [0.2, 0.25) is 5.91 Å². The van der Waals surface area contributed by atoms with Gasteiger partial charge in [0.05, 0.1) is 25.4 Å². The maximum atomic E-state index is 12.8. The zero-order chi connectivity index (χ0) is 41.1. The van der Waals surface area contributed by atoms with Crippen LogP contribution in [0, 0.1) is 0 Å². The van der Waals surface area contributed by atoms with Crippen molar-refractivity contribution < 1.29 is 28.4 Å². The Morgan fingerprint density at radius 3 is 1.50 bits per heavy atom. The van der Waals surface area contributed by atoms with Gasteiger partial charge < -0.3 is 21.1 Å². The summed E-state index contributed by atoms with van der Waals surface area (Å²) in [5, 5.41) is 13.8. The van der Waals surface area contributed by atoms with E-state index in [1.54, 1.807) is 0 Å². The lowest BCUT2D eigenvalue weighted by atomic mass is 10.0. The number of carbonyl (C=O) groups excluding carboxylic acids is 1. The number of rotatable bonds is 42. The van der Waals surface area contributed by atoms with E-state index >= 15 is 0 Å². The van der Waals surface area contributed by atoms with E-state index < -0.39 is 20.0 Å². The lowest BCUT2D eigenvalue weighted by Gasteiger charge is -2.25. The Morgan fingerprint density at radius 2 is 1.04 bits per heavy atom. The molecule has 0 heterocycles. The average molecular weight is 807 g/mol. The van der Waals surface area contributed by atoms with Gasteiger partial charge in [0.15, 0.2) is 0 Å². The Morgan fingerprint density at radius 1 is 0.607 bits per heavy atom. The van der Waals surface area contributed by atoms with E-state index in [1.165, 1.54) is 96.3 Å². The highest BCUT2D eigenvalue weighted by Crippen LogP contribution is 2.43. The van der Waals surface area contributed by atoms with Gasteiger partial charge in [-0.15, -0.1) is 0 Å². The summed E-state index contributed by atoms with van der Waals surface area (Å²) < 4.78 is 22.2. The number of aliphatic hydroxyl groups is 1. The molecule has 0 saturated heterocycles. The standard InChI is InChI=1S/C47H87N2O6P/c1-3-5-7-9-11-13-15-17-19-21-23-25-27-29-31-33-35-37-39-41-47(51)49-45(44-55-56(52,53)54-43-42-48)46(50)40-38-36-34-32-30-28-26-24-22-20-18-16-14-12-10-8-6-4-2/h5,7,11,13,17,19,23,25,29,31,45-46,50H,3-4,6,8-10,12,14-16,18,20-22,24,26-28,30,32-44,48H2,1-2H3,(H,49,51)(H,52,53)/b7-5-,13-11-,19-17-,25-23-,31-29-. The summed E-state index contributed by atoms with van der Waals surface area (Å²) in [5.74, 6) is -0.194. The second-order valence-electron chi connectivity index (χ2n) is 15.2. The van der Waals surface area contributed by atoms with E-state index in [2.05, 4.69) is 79.9 Å². The highest BCUT2D eigenvalue weighted by molar-refractivity contribution is 7.47. The molecule has 0 aliphatic carbocycles. The molecule has 0 aliphatic heterocycles. The molecule has 0 rings (SSSR count). The fraction of sp³-hybridized carbons (Fsp3) is 0.766. The monoisotopic (exact) mass is 807 g/mol. The fourth-order valence-corrected chi connectivity index (χ4v) is 7.22. The van der Waals surface area contributed by atoms with Crippen molar-refractivity contribution in [1.82, 2.24) is 5.32 Å². The summed E-state index contributed by atoms with van der Waals surface area (Å²) >= 11 is 0. The van der Waals surface area contributed by atoms with Crippen LogP contribution in [0.3, 0.4) is 0 Å². The molecule has 0 spiro atoms. The van der Waals surface area contributed by atoms with Crippen LogP contribution in [0.15, 0.2) is 60.8 Å². The van der Waals surface area contributed by atoms with Crippen LogP contribution in [0.25, 0.3) is 0 Å². The number of carbonyl (C=O) groups is 1. The van der Waals surface area contributed by atoms with Crippen LogP contribution in [0.2, 0.25) is 0 Å². The van der Waals surface area contributed by atoms with Crippen LogP contribution in [0.4, 0.5) is 0 Å². The number of nitrogens with one attached hydrogen (secondary N) is 1. The summed E-state index contributed by atoms with van der Waals surface area (Å²) in [5.41, 5.74) is 5.38. The summed E-state index contributed by atoms with van der Waals surface area (Å²) in [6.45, 7) is 4.07. The smallest absolute Gasteiger partial charge is 0.391 e. The topological polar surface area (TPSA) is 131 Å². The van der Waals surface area contributed by atoms with Crippen molar-refractivity contribution in [1.29, 1.82) is 0 Å². The maximum absolute atomic E-state index is 12.8. The largest absolute Gasteiger partial charge is 0.472 e. The molecule has 0 radical (unpaired) electrons. The molecule has 0 bridgehead atoms. The molecule has 0 aromatic rings. The van der Waals surface area contributed by atoms with Crippen molar-refractivity contribution in [2.45, 2.75) is 212 Å². The maximum Gasteiger partial charge on any atom is 0.472 e. The zero-order valence-electron chi connectivity index (χ0n) is 36.1. The van der Waals surface area contributed by atoms with E-state index in [4.69, 9.17) is 14.8 Å². The van der Waals surface area contributed by atoms with Crippen molar-refractivity contribution in [3.63, 3.8) is 0 Å². The number of hydrogen-bond acceptors (Lipinski definition) is 6. The summed E-state index contributed by atoms with van der Waals surface area (Å²) in [4.78, 5) is 22.8. The molecule has 0 saturated carbocycles. The van der Waals surface area contributed by atoms with Gasteiger partial charge in [-0.2, -0.15) is 0 Å². The van der Waals surface area contributed by atoms with E-state index in [9.17, 15) is 19.4 Å². The van der Waals surface area contributed by atoms with Gasteiger partial charge in [-0.1, -0.05) is 197 Å². The van der Waals surface area contributed by atoms with Crippen molar-refractivity contribution in [2.75, 3.05) is 19.8 Å². The third-order valence-electron chi connectivity index (χ3n) is 9.89. The quantitative estimate of drug-likeness (QED) is 0.0274. The summed E-state index contributed by atoms with van der Waals surface area (Å²) in [7, 11) is -4.33. The van der Waals surface area contributed by atoms with Gasteiger partial charge in [0.1, 0.15) is 0 Å². The van der Waals surface area contributed by atoms with Gasteiger partial charge >= 0.3 is 7.82 Å². The normalized spacial score (nSPS) is 14.6. The Bertz CT molecular complexity index is 1060. The molecule has 5 N–H and O–H groups in total. The number of allylic oxidation sites excluding steroid dienone is 10. The number of phosphoric ester groups is 1. The van der Waals surface area contributed by atoms with Crippen LogP contribution in [0.1, 0.15) is 200 Å². The van der Waals surface area contributed by atoms with Crippen LogP contribution in [-0.4, -0.2) is 47.8 Å². The highest BCUT2D eigenvalue weighted by atomic mass is 31.2. The molecule has 9 heteroatoms. The second kappa shape index (κ2) is 42.8. The predicted molar refractivity (Wildman–Crippen MR) is 240 cm³/mol. The Labute approximate surface area is 344 Å². The molecule has 0 aromatic carbocycles. The SMILES string of the molecule is CC/C=C\C/C=C\C/C=C\C/C=C\C/C=C\CCCCCC(=O)NC(COP(=O)(O)OCCN)C(O)CCCCCCCCCCCCCCCCCCCC. The third-order valence-corrected chi connectivity index (χ3v) is 10.9. The van der Waals surface area contributed by atoms with Crippen LogP contribution in [0.5, 0.6) is 0 Å². The second-order valence-corrected chi connectivity index (χ2v) is 16.7. The first-order chi connectivity index (χ1) is 27.4. The number of unbranched alkanes of at least 4 members (excludes halogenated alkanes) is 20. The minimum absolute atomic E-state index is 0.0805. The van der Waals surface area contributed by atoms with E-state index in [-0.39, 0.29) is 25.7 Å². The molecule has 56 heavy (non-hydrogen) atoms. The van der Waals surface area contributed by atoms with Gasteiger partial charge in [-0.05, 0) is 57.8 Å². The Hall–Kier alpha value is -1.80. The lowest BCUT2D eigenvalue weighted by Crippen LogP contribution is -2.46. The first-order valence-electron chi connectivity index (χ1n) is 22.9.